The number of aryl methyl sites for hydroxylation is 1. The summed E-state index contributed by atoms with van der Waals surface area (Å²) in [4.78, 5) is 18.2. The van der Waals surface area contributed by atoms with E-state index >= 15 is 0 Å². The van der Waals surface area contributed by atoms with E-state index in [-0.39, 0.29) is 11.4 Å². The van der Waals surface area contributed by atoms with Crippen molar-refractivity contribution in [3.05, 3.63) is 57.5 Å². The van der Waals surface area contributed by atoms with Crippen LogP contribution in [0.25, 0.3) is 0 Å². The highest BCUT2D eigenvalue weighted by Crippen LogP contribution is 2.18. The van der Waals surface area contributed by atoms with Gasteiger partial charge in [0.25, 0.3) is 5.56 Å². The van der Waals surface area contributed by atoms with Crippen molar-refractivity contribution in [3.63, 3.8) is 0 Å². The Morgan fingerprint density at radius 1 is 1.45 bits per heavy atom. The van der Waals surface area contributed by atoms with Crippen molar-refractivity contribution >= 4 is 17.6 Å². The maximum Gasteiger partial charge on any atom is 0.251 e. The predicted molar refractivity (Wildman–Crippen MR) is 78.1 cm³/mol. The molecule has 6 nitrogen and oxygen atoms in total. The van der Waals surface area contributed by atoms with Crippen molar-refractivity contribution in [2.75, 3.05) is 0 Å². The normalized spacial score (nSPS) is 11.6. The van der Waals surface area contributed by atoms with Crippen LogP contribution in [0.3, 0.4) is 0 Å². The van der Waals surface area contributed by atoms with Gasteiger partial charge in [-0.1, -0.05) is 41.2 Å². The SMILES string of the molecule is Cc1cc(=O)[nH]c(SCc2ccc(/C(N)=N/O)cc2)n1. The van der Waals surface area contributed by atoms with Gasteiger partial charge >= 0.3 is 0 Å². The van der Waals surface area contributed by atoms with Gasteiger partial charge in [0.05, 0.1) is 0 Å². The molecule has 0 atom stereocenters. The first-order valence-electron chi connectivity index (χ1n) is 5.86. The fourth-order valence-electron chi connectivity index (χ4n) is 1.60. The molecule has 0 bridgehead atoms. The number of thioether (sulfide) groups is 1. The number of nitrogens with two attached hydrogens (primary N) is 1. The molecule has 1 aromatic heterocycles. The van der Waals surface area contributed by atoms with E-state index in [9.17, 15) is 4.79 Å². The minimum Gasteiger partial charge on any atom is -0.409 e. The van der Waals surface area contributed by atoms with Gasteiger partial charge in [0.15, 0.2) is 11.0 Å². The summed E-state index contributed by atoms with van der Waals surface area (Å²) >= 11 is 1.44. The molecule has 2 aromatic rings. The molecule has 0 saturated carbocycles. The van der Waals surface area contributed by atoms with Crippen molar-refractivity contribution in [1.82, 2.24) is 9.97 Å². The molecule has 0 aliphatic rings. The number of oxime groups is 1. The van der Waals surface area contributed by atoms with E-state index in [2.05, 4.69) is 15.1 Å². The average molecular weight is 290 g/mol. The second kappa shape index (κ2) is 6.25. The summed E-state index contributed by atoms with van der Waals surface area (Å²) in [6.07, 6.45) is 0. The number of hydrogen-bond acceptors (Lipinski definition) is 5. The van der Waals surface area contributed by atoms with E-state index in [1.165, 1.54) is 17.8 Å². The first-order chi connectivity index (χ1) is 9.58. The minimum absolute atomic E-state index is 0.0777. The van der Waals surface area contributed by atoms with Crippen molar-refractivity contribution in [2.45, 2.75) is 17.8 Å². The maximum absolute atomic E-state index is 11.3. The quantitative estimate of drug-likeness (QED) is 0.197. The number of hydrogen-bond donors (Lipinski definition) is 3. The molecule has 7 heteroatoms. The molecule has 0 aliphatic carbocycles. The number of amidine groups is 1. The van der Waals surface area contributed by atoms with Crippen LogP contribution in [0.15, 0.2) is 45.4 Å². The molecule has 0 spiro atoms. The monoisotopic (exact) mass is 290 g/mol. The molecule has 0 aliphatic heterocycles. The van der Waals surface area contributed by atoms with E-state index in [0.717, 1.165) is 5.56 Å². The summed E-state index contributed by atoms with van der Waals surface area (Å²) in [5.41, 5.74) is 7.74. The average Bonchev–Trinajstić information content (AvgIpc) is 2.44. The summed E-state index contributed by atoms with van der Waals surface area (Å²) in [6, 6.07) is 8.77. The van der Waals surface area contributed by atoms with E-state index in [4.69, 9.17) is 10.9 Å². The van der Waals surface area contributed by atoms with Crippen LogP contribution in [-0.4, -0.2) is 21.0 Å². The van der Waals surface area contributed by atoms with Gasteiger partial charge in [0.1, 0.15) is 0 Å². The second-order valence-electron chi connectivity index (χ2n) is 4.16. The van der Waals surface area contributed by atoms with E-state index in [1.54, 1.807) is 19.1 Å². The third-order valence-corrected chi connectivity index (χ3v) is 3.53. The molecule has 0 unspecified atom stereocenters. The fraction of sp³-hybridized carbons (Fsp3) is 0.154. The first kappa shape index (κ1) is 14.1. The zero-order chi connectivity index (χ0) is 14.5. The number of nitrogens with zero attached hydrogens (tertiary/aromatic N) is 2. The van der Waals surface area contributed by atoms with Crippen LogP contribution in [0.1, 0.15) is 16.8 Å². The molecular weight excluding hydrogens is 276 g/mol. The zero-order valence-corrected chi connectivity index (χ0v) is 11.6. The molecule has 20 heavy (non-hydrogen) atoms. The molecule has 2 rings (SSSR count). The van der Waals surface area contributed by atoms with E-state index in [0.29, 0.717) is 22.2 Å². The standard InChI is InChI=1S/C13H14N4O2S/c1-8-6-11(18)16-13(15-8)20-7-9-2-4-10(5-3-9)12(14)17-19/h2-6,19H,7H2,1H3,(H2,14,17)(H,15,16,18). The Morgan fingerprint density at radius 2 is 2.15 bits per heavy atom. The molecular formula is C13H14N4O2S. The van der Waals surface area contributed by atoms with Gasteiger partial charge < -0.3 is 15.9 Å². The highest BCUT2D eigenvalue weighted by atomic mass is 32.2. The molecule has 4 N–H and O–H groups in total. The number of aromatic nitrogens is 2. The van der Waals surface area contributed by atoms with Crippen LogP contribution in [0.5, 0.6) is 0 Å². The summed E-state index contributed by atoms with van der Waals surface area (Å²) in [7, 11) is 0. The van der Waals surface area contributed by atoms with Crippen molar-refractivity contribution < 1.29 is 5.21 Å². The van der Waals surface area contributed by atoms with Gasteiger partial charge in [-0.3, -0.25) is 4.79 Å². The Bertz CT molecular complexity index is 680. The Labute approximate surface area is 119 Å². The lowest BCUT2D eigenvalue weighted by Gasteiger charge is -2.03. The van der Waals surface area contributed by atoms with Crippen molar-refractivity contribution in [3.8, 4) is 0 Å². The van der Waals surface area contributed by atoms with Gasteiger partial charge in [-0.25, -0.2) is 4.98 Å². The summed E-state index contributed by atoms with van der Waals surface area (Å²) < 4.78 is 0. The Morgan fingerprint density at radius 3 is 2.75 bits per heavy atom. The van der Waals surface area contributed by atoms with Crippen LogP contribution in [0.2, 0.25) is 0 Å². The largest absolute Gasteiger partial charge is 0.409 e. The van der Waals surface area contributed by atoms with Gasteiger partial charge in [-0.15, -0.1) is 0 Å². The van der Waals surface area contributed by atoms with Gasteiger partial charge in [-0.2, -0.15) is 0 Å². The van der Waals surface area contributed by atoms with Crippen LogP contribution < -0.4 is 11.3 Å². The highest BCUT2D eigenvalue weighted by molar-refractivity contribution is 7.98. The minimum atomic E-state index is -0.151. The molecule has 1 aromatic carbocycles. The number of benzene rings is 1. The Balaban J connectivity index is 2.05. The van der Waals surface area contributed by atoms with Crippen molar-refractivity contribution in [1.29, 1.82) is 0 Å². The molecule has 104 valence electrons. The first-order valence-corrected chi connectivity index (χ1v) is 6.84. The number of nitrogens with one attached hydrogen (secondary N) is 1. The lowest BCUT2D eigenvalue weighted by molar-refractivity contribution is 0.318. The smallest absolute Gasteiger partial charge is 0.251 e. The highest BCUT2D eigenvalue weighted by Gasteiger charge is 2.02. The summed E-state index contributed by atoms with van der Waals surface area (Å²) in [5.74, 6) is 0.747. The lowest BCUT2D eigenvalue weighted by atomic mass is 10.1. The Hall–Kier alpha value is -2.28. The van der Waals surface area contributed by atoms with Gasteiger partial charge in [0.2, 0.25) is 0 Å². The topological polar surface area (TPSA) is 104 Å². The van der Waals surface area contributed by atoms with Crippen LogP contribution >= 0.6 is 11.8 Å². The summed E-state index contributed by atoms with van der Waals surface area (Å²) in [5, 5.41) is 12.1. The van der Waals surface area contributed by atoms with Gasteiger partial charge in [-0.05, 0) is 12.5 Å². The molecule has 0 amide bonds. The lowest BCUT2D eigenvalue weighted by Crippen LogP contribution is -2.12. The molecule has 0 fully saturated rings. The number of aromatic amines is 1. The summed E-state index contributed by atoms with van der Waals surface area (Å²) in [6.45, 7) is 1.78. The maximum atomic E-state index is 11.3. The second-order valence-corrected chi connectivity index (χ2v) is 5.13. The third-order valence-electron chi connectivity index (χ3n) is 2.58. The number of H-pyrrole nitrogens is 1. The van der Waals surface area contributed by atoms with E-state index < -0.39 is 0 Å². The molecule has 1 heterocycles. The van der Waals surface area contributed by atoms with Crippen molar-refractivity contribution in [2.24, 2.45) is 10.9 Å². The van der Waals surface area contributed by atoms with Crippen LogP contribution in [-0.2, 0) is 5.75 Å². The third kappa shape index (κ3) is 3.61. The van der Waals surface area contributed by atoms with E-state index in [1.807, 2.05) is 12.1 Å². The Kier molecular flexibility index (Phi) is 4.41. The fourth-order valence-corrected chi connectivity index (χ4v) is 2.48. The molecule has 0 saturated heterocycles. The van der Waals surface area contributed by atoms with Gasteiger partial charge in [0, 0.05) is 23.1 Å². The zero-order valence-electron chi connectivity index (χ0n) is 10.8. The predicted octanol–water partition coefficient (Wildman–Crippen LogP) is 1.47. The number of rotatable bonds is 4. The van der Waals surface area contributed by atoms with Crippen LogP contribution in [0.4, 0.5) is 0 Å². The molecule has 0 radical (unpaired) electrons. The van der Waals surface area contributed by atoms with Crippen LogP contribution in [0, 0.1) is 6.92 Å².